The summed E-state index contributed by atoms with van der Waals surface area (Å²) >= 11 is 0. The van der Waals surface area contributed by atoms with Crippen molar-refractivity contribution in [3.63, 3.8) is 0 Å². The molecule has 2 saturated heterocycles. The Bertz CT molecular complexity index is 573. The van der Waals surface area contributed by atoms with Crippen LogP contribution in [0.25, 0.3) is 0 Å². The first-order valence-electron chi connectivity index (χ1n) is 8.65. The van der Waals surface area contributed by atoms with Crippen LogP contribution >= 0.6 is 0 Å². The van der Waals surface area contributed by atoms with Gasteiger partial charge in [0.25, 0.3) is 0 Å². The van der Waals surface area contributed by atoms with E-state index in [1.165, 1.54) is 0 Å². The van der Waals surface area contributed by atoms with Gasteiger partial charge in [0.1, 0.15) is 11.6 Å². The van der Waals surface area contributed by atoms with E-state index in [1.807, 2.05) is 22.1 Å². The average molecular weight is 333 g/mol. The molecule has 0 aliphatic carbocycles. The number of ether oxygens (including phenoxy) is 1. The predicted molar refractivity (Wildman–Crippen MR) is 92.3 cm³/mol. The van der Waals surface area contributed by atoms with Crippen LogP contribution in [-0.4, -0.2) is 78.3 Å². The maximum Gasteiger partial charge on any atom is 0.320 e. The Hall–Kier alpha value is -1.89. The van der Waals surface area contributed by atoms with Gasteiger partial charge in [-0.1, -0.05) is 20.8 Å². The van der Waals surface area contributed by atoms with Crippen LogP contribution in [0, 0.1) is 0 Å². The summed E-state index contributed by atoms with van der Waals surface area (Å²) in [6.45, 7) is 12.1. The van der Waals surface area contributed by atoms with Gasteiger partial charge >= 0.3 is 6.03 Å². The monoisotopic (exact) mass is 333 g/mol. The van der Waals surface area contributed by atoms with Gasteiger partial charge in [0, 0.05) is 50.9 Å². The van der Waals surface area contributed by atoms with Crippen molar-refractivity contribution in [2.45, 2.75) is 26.2 Å². The summed E-state index contributed by atoms with van der Waals surface area (Å²) < 4.78 is 5.32. The van der Waals surface area contributed by atoms with E-state index < -0.39 is 0 Å². The quantitative estimate of drug-likeness (QED) is 0.776. The van der Waals surface area contributed by atoms with E-state index in [1.54, 1.807) is 0 Å². The van der Waals surface area contributed by atoms with Crippen molar-refractivity contribution in [2.24, 2.45) is 0 Å². The second kappa shape index (κ2) is 6.93. The molecule has 132 valence electrons. The van der Waals surface area contributed by atoms with E-state index in [0.717, 1.165) is 37.8 Å². The number of hydrogen-bond acceptors (Lipinski definition) is 5. The lowest BCUT2D eigenvalue weighted by atomic mass is 9.96. The van der Waals surface area contributed by atoms with Crippen molar-refractivity contribution < 1.29 is 9.53 Å². The Morgan fingerprint density at radius 1 is 1.04 bits per heavy atom. The minimum absolute atomic E-state index is 0.0653. The number of urea groups is 1. The van der Waals surface area contributed by atoms with Crippen LogP contribution in [-0.2, 0) is 10.2 Å². The van der Waals surface area contributed by atoms with Crippen molar-refractivity contribution in [3.05, 3.63) is 18.1 Å². The maximum absolute atomic E-state index is 12.5. The van der Waals surface area contributed by atoms with Crippen LogP contribution in [0.5, 0.6) is 0 Å². The van der Waals surface area contributed by atoms with Gasteiger partial charge in [-0.05, 0) is 6.07 Å². The highest BCUT2D eigenvalue weighted by molar-refractivity contribution is 5.75. The third-order valence-corrected chi connectivity index (χ3v) is 4.47. The largest absolute Gasteiger partial charge is 0.378 e. The Balaban J connectivity index is 1.60. The fraction of sp³-hybridized carbons (Fsp3) is 0.706. The molecule has 0 unspecified atom stereocenters. The van der Waals surface area contributed by atoms with Crippen molar-refractivity contribution >= 4 is 11.8 Å². The molecule has 2 fully saturated rings. The molecule has 0 spiro atoms. The zero-order valence-corrected chi connectivity index (χ0v) is 14.9. The molecule has 0 bridgehead atoms. The van der Waals surface area contributed by atoms with Crippen molar-refractivity contribution in [1.82, 2.24) is 19.8 Å². The molecule has 0 N–H and O–H groups in total. The summed E-state index contributed by atoms with van der Waals surface area (Å²) in [6.07, 6.45) is 1.83. The van der Waals surface area contributed by atoms with Gasteiger partial charge < -0.3 is 19.4 Å². The van der Waals surface area contributed by atoms with Gasteiger partial charge in [-0.2, -0.15) is 0 Å². The lowest BCUT2D eigenvalue weighted by Crippen LogP contribution is -2.55. The smallest absolute Gasteiger partial charge is 0.320 e. The van der Waals surface area contributed by atoms with E-state index in [2.05, 4.69) is 30.7 Å². The van der Waals surface area contributed by atoms with E-state index in [-0.39, 0.29) is 11.4 Å². The van der Waals surface area contributed by atoms with Gasteiger partial charge in [-0.15, -0.1) is 0 Å². The number of rotatable bonds is 1. The Labute approximate surface area is 143 Å². The molecule has 0 saturated carbocycles. The zero-order valence-electron chi connectivity index (χ0n) is 14.9. The fourth-order valence-corrected chi connectivity index (χ4v) is 2.97. The number of aromatic nitrogens is 2. The summed E-state index contributed by atoms with van der Waals surface area (Å²) in [6, 6.07) is 2.09. The minimum atomic E-state index is -0.0653. The molecule has 1 aromatic rings. The van der Waals surface area contributed by atoms with Crippen molar-refractivity contribution in [2.75, 3.05) is 57.4 Å². The standard InChI is InChI=1S/C17H27N5O2/c1-17(2,3)15-18-5-4-14(19-15)20-6-8-21(9-7-20)16(23)22-10-12-24-13-11-22/h4-5H,6-13H2,1-3H3. The summed E-state index contributed by atoms with van der Waals surface area (Å²) in [7, 11) is 0. The van der Waals surface area contributed by atoms with Crippen LogP contribution in [0.4, 0.5) is 10.6 Å². The number of piperazine rings is 1. The molecular formula is C17H27N5O2. The van der Waals surface area contributed by atoms with E-state index >= 15 is 0 Å². The van der Waals surface area contributed by atoms with Crippen LogP contribution < -0.4 is 4.90 Å². The van der Waals surface area contributed by atoms with Crippen molar-refractivity contribution in [1.29, 1.82) is 0 Å². The van der Waals surface area contributed by atoms with Crippen LogP contribution in [0.2, 0.25) is 0 Å². The average Bonchev–Trinajstić information content (AvgIpc) is 2.61. The molecule has 24 heavy (non-hydrogen) atoms. The highest BCUT2D eigenvalue weighted by Gasteiger charge is 2.27. The predicted octanol–water partition coefficient (Wildman–Crippen LogP) is 1.35. The van der Waals surface area contributed by atoms with Crippen molar-refractivity contribution in [3.8, 4) is 0 Å². The minimum Gasteiger partial charge on any atom is -0.378 e. The van der Waals surface area contributed by atoms with Gasteiger partial charge in [-0.3, -0.25) is 0 Å². The SMILES string of the molecule is CC(C)(C)c1nccc(N2CCN(C(=O)N3CCOCC3)CC2)n1. The molecule has 7 heteroatoms. The first-order chi connectivity index (χ1) is 11.4. The van der Waals surface area contributed by atoms with Gasteiger partial charge in [0.2, 0.25) is 0 Å². The highest BCUT2D eigenvalue weighted by Crippen LogP contribution is 2.21. The summed E-state index contributed by atoms with van der Waals surface area (Å²) in [5.41, 5.74) is -0.0653. The second-order valence-electron chi connectivity index (χ2n) is 7.34. The first kappa shape index (κ1) is 17.0. The number of hydrogen-bond donors (Lipinski definition) is 0. The second-order valence-corrected chi connectivity index (χ2v) is 7.34. The van der Waals surface area contributed by atoms with Crippen LogP contribution in [0.3, 0.4) is 0 Å². The summed E-state index contributed by atoms with van der Waals surface area (Å²) in [4.78, 5) is 27.7. The third kappa shape index (κ3) is 3.77. The number of carbonyl (C=O) groups is 1. The van der Waals surface area contributed by atoms with Gasteiger partial charge in [0.05, 0.1) is 13.2 Å². The molecule has 3 heterocycles. The van der Waals surface area contributed by atoms with E-state index in [9.17, 15) is 4.79 Å². The maximum atomic E-state index is 12.5. The Kier molecular flexibility index (Phi) is 4.89. The zero-order chi connectivity index (χ0) is 17.2. The molecule has 0 atom stereocenters. The van der Waals surface area contributed by atoms with E-state index in [4.69, 9.17) is 9.72 Å². The molecule has 0 radical (unpaired) electrons. The highest BCUT2D eigenvalue weighted by atomic mass is 16.5. The number of nitrogens with zero attached hydrogens (tertiary/aromatic N) is 5. The molecule has 2 amide bonds. The number of amides is 2. The first-order valence-corrected chi connectivity index (χ1v) is 8.65. The van der Waals surface area contributed by atoms with Gasteiger partial charge in [-0.25, -0.2) is 14.8 Å². The summed E-state index contributed by atoms with van der Waals surface area (Å²) in [5, 5.41) is 0. The summed E-state index contributed by atoms with van der Waals surface area (Å²) in [5.74, 6) is 1.81. The third-order valence-electron chi connectivity index (χ3n) is 4.47. The van der Waals surface area contributed by atoms with Crippen LogP contribution in [0.15, 0.2) is 12.3 Å². The fourth-order valence-electron chi connectivity index (χ4n) is 2.97. The lowest BCUT2D eigenvalue weighted by Gasteiger charge is -2.39. The Morgan fingerprint density at radius 2 is 1.67 bits per heavy atom. The normalized spacial score (nSPS) is 19.5. The van der Waals surface area contributed by atoms with Crippen LogP contribution in [0.1, 0.15) is 26.6 Å². The number of carbonyl (C=O) groups excluding carboxylic acids is 1. The molecule has 0 aromatic carbocycles. The molecule has 2 aliphatic rings. The molecule has 7 nitrogen and oxygen atoms in total. The van der Waals surface area contributed by atoms with Gasteiger partial charge in [0.15, 0.2) is 0 Å². The Morgan fingerprint density at radius 3 is 2.29 bits per heavy atom. The number of anilines is 1. The number of morpholine rings is 1. The van der Waals surface area contributed by atoms with E-state index in [0.29, 0.717) is 26.3 Å². The molecule has 3 rings (SSSR count). The molecule has 1 aromatic heterocycles. The molecule has 2 aliphatic heterocycles. The molecular weight excluding hydrogens is 306 g/mol. The lowest BCUT2D eigenvalue weighted by molar-refractivity contribution is 0.0428. The topological polar surface area (TPSA) is 61.8 Å².